The first-order valence-corrected chi connectivity index (χ1v) is 10.6. The number of benzene rings is 4. The van der Waals surface area contributed by atoms with E-state index >= 15 is 0 Å². The molecule has 0 saturated carbocycles. The Morgan fingerprint density at radius 1 is 0.469 bits per heavy atom. The molecule has 2 aromatic heterocycles. The number of furan rings is 1. The zero-order chi connectivity index (χ0) is 21.3. The van der Waals surface area contributed by atoms with E-state index in [1.165, 1.54) is 6.39 Å². The molecule has 32 heavy (non-hydrogen) atoms. The van der Waals surface area contributed by atoms with Crippen molar-refractivity contribution >= 4 is 10.8 Å². The van der Waals surface area contributed by atoms with Crippen molar-refractivity contribution in [3.05, 3.63) is 116 Å². The van der Waals surface area contributed by atoms with Crippen LogP contribution in [0.1, 0.15) is 0 Å². The number of fused-ring (bicyclic) bond motifs is 1. The van der Waals surface area contributed by atoms with Crippen LogP contribution in [0.2, 0.25) is 0 Å². The minimum atomic E-state index is 0.702. The summed E-state index contributed by atoms with van der Waals surface area (Å²) >= 11 is 0. The molecule has 0 aliphatic rings. The van der Waals surface area contributed by atoms with Gasteiger partial charge in [0.05, 0.1) is 0 Å². The Hall–Kier alpha value is -4.37. The van der Waals surface area contributed by atoms with Gasteiger partial charge in [0.2, 0.25) is 0 Å². The largest absolute Gasteiger partial charge is 0.453 e. The number of aromatic nitrogens is 1. The van der Waals surface area contributed by atoms with E-state index in [0.29, 0.717) is 17.2 Å². The molecule has 152 valence electrons. The fraction of sp³-hybridized carbons (Fsp3) is 0. The third kappa shape index (κ3) is 3.03. The van der Waals surface area contributed by atoms with Crippen LogP contribution >= 0.6 is 0 Å². The maximum atomic E-state index is 6.60. The summed E-state index contributed by atoms with van der Waals surface area (Å²) in [5, 5.41) is 2.06. The maximum Gasteiger partial charge on any atom is 0.182 e. The van der Waals surface area contributed by atoms with E-state index in [1.807, 2.05) is 54.6 Å². The summed E-state index contributed by atoms with van der Waals surface area (Å²) in [4.78, 5) is 4.54. The summed E-state index contributed by atoms with van der Waals surface area (Å²) in [6, 6.07) is 37.0. The van der Waals surface area contributed by atoms with Gasteiger partial charge in [-0.2, -0.15) is 0 Å². The van der Waals surface area contributed by atoms with Crippen LogP contribution in [-0.4, -0.2) is 4.98 Å². The van der Waals surface area contributed by atoms with Gasteiger partial charge in [-0.05, 0) is 11.1 Å². The standard InChI is InChI=1S/C29H19NO2/c1-3-11-20(12-4-1)22-15-7-8-16-23(22)28-24-17-9-10-18-25(24)29(32-28)26-27(31-19-30-26)21-13-5-2-6-14-21/h1-19H. The number of hydrogen-bond donors (Lipinski definition) is 0. The Bertz CT molecular complexity index is 1510. The molecule has 0 aliphatic heterocycles. The summed E-state index contributed by atoms with van der Waals surface area (Å²) in [7, 11) is 0. The lowest BCUT2D eigenvalue weighted by atomic mass is 9.96. The molecule has 0 aliphatic carbocycles. The predicted molar refractivity (Wildman–Crippen MR) is 128 cm³/mol. The van der Waals surface area contributed by atoms with E-state index in [0.717, 1.165) is 38.8 Å². The molecule has 0 bridgehead atoms. The van der Waals surface area contributed by atoms with Gasteiger partial charge in [-0.1, -0.05) is 109 Å². The fourth-order valence-corrected chi connectivity index (χ4v) is 4.22. The number of oxazole rings is 1. The molecule has 0 atom stereocenters. The first-order valence-electron chi connectivity index (χ1n) is 10.6. The minimum absolute atomic E-state index is 0.702. The molecule has 4 aromatic carbocycles. The molecular formula is C29H19NO2. The van der Waals surface area contributed by atoms with Crippen LogP contribution in [0.3, 0.4) is 0 Å². The molecule has 0 radical (unpaired) electrons. The van der Waals surface area contributed by atoms with Crippen molar-refractivity contribution in [2.45, 2.75) is 0 Å². The Balaban J connectivity index is 1.60. The average molecular weight is 413 g/mol. The molecule has 6 aromatic rings. The van der Waals surface area contributed by atoms with Gasteiger partial charge in [-0.25, -0.2) is 4.98 Å². The van der Waals surface area contributed by atoms with Crippen LogP contribution in [0, 0.1) is 0 Å². The molecular weight excluding hydrogens is 394 g/mol. The first kappa shape index (κ1) is 18.4. The van der Waals surface area contributed by atoms with Gasteiger partial charge < -0.3 is 8.83 Å². The lowest BCUT2D eigenvalue weighted by Gasteiger charge is -2.08. The Labute approximate surface area is 185 Å². The molecule has 0 spiro atoms. The van der Waals surface area contributed by atoms with Crippen LogP contribution in [0.15, 0.2) is 124 Å². The van der Waals surface area contributed by atoms with Crippen molar-refractivity contribution in [2.24, 2.45) is 0 Å². The number of nitrogens with zero attached hydrogens (tertiary/aromatic N) is 1. The van der Waals surface area contributed by atoms with Crippen molar-refractivity contribution in [3.63, 3.8) is 0 Å². The molecule has 0 fully saturated rings. The zero-order valence-electron chi connectivity index (χ0n) is 17.2. The first-order chi connectivity index (χ1) is 15.9. The van der Waals surface area contributed by atoms with E-state index in [2.05, 4.69) is 59.6 Å². The normalized spacial score (nSPS) is 11.1. The highest BCUT2D eigenvalue weighted by Gasteiger charge is 2.23. The molecule has 3 nitrogen and oxygen atoms in total. The van der Waals surface area contributed by atoms with E-state index in [-0.39, 0.29) is 0 Å². The van der Waals surface area contributed by atoms with Gasteiger partial charge in [0, 0.05) is 21.9 Å². The summed E-state index contributed by atoms with van der Waals surface area (Å²) in [6.45, 7) is 0. The highest BCUT2D eigenvalue weighted by Crippen LogP contribution is 2.44. The van der Waals surface area contributed by atoms with Gasteiger partial charge >= 0.3 is 0 Å². The predicted octanol–water partition coefficient (Wildman–Crippen LogP) is 8.09. The van der Waals surface area contributed by atoms with Crippen LogP contribution in [-0.2, 0) is 0 Å². The van der Waals surface area contributed by atoms with Crippen LogP contribution in [0.25, 0.3) is 56.0 Å². The smallest absolute Gasteiger partial charge is 0.182 e. The SMILES string of the molecule is c1ccc(-c2ccccc2-c2oc(-c3ncoc3-c3ccccc3)c3ccccc23)cc1. The molecule has 2 heterocycles. The van der Waals surface area contributed by atoms with Crippen LogP contribution < -0.4 is 0 Å². The third-order valence-electron chi connectivity index (χ3n) is 5.70. The minimum Gasteiger partial charge on any atom is -0.453 e. The number of hydrogen-bond acceptors (Lipinski definition) is 3. The van der Waals surface area contributed by atoms with E-state index < -0.39 is 0 Å². The van der Waals surface area contributed by atoms with Gasteiger partial charge in [-0.3, -0.25) is 0 Å². The molecule has 0 N–H and O–H groups in total. The Morgan fingerprint density at radius 3 is 1.75 bits per heavy atom. The highest BCUT2D eigenvalue weighted by molar-refractivity contribution is 6.05. The third-order valence-corrected chi connectivity index (χ3v) is 5.70. The molecule has 0 unspecified atom stereocenters. The van der Waals surface area contributed by atoms with Crippen molar-refractivity contribution in [3.8, 4) is 45.2 Å². The van der Waals surface area contributed by atoms with Crippen molar-refractivity contribution in [2.75, 3.05) is 0 Å². The molecule has 0 amide bonds. The summed E-state index contributed by atoms with van der Waals surface area (Å²) in [6.07, 6.45) is 1.48. The molecule has 0 saturated heterocycles. The molecule has 6 rings (SSSR count). The van der Waals surface area contributed by atoms with Gasteiger partial charge in [0.15, 0.2) is 23.6 Å². The van der Waals surface area contributed by atoms with Crippen molar-refractivity contribution in [1.29, 1.82) is 0 Å². The maximum absolute atomic E-state index is 6.60. The van der Waals surface area contributed by atoms with Gasteiger partial charge in [0.25, 0.3) is 0 Å². The molecule has 3 heteroatoms. The van der Waals surface area contributed by atoms with E-state index in [9.17, 15) is 0 Å². The highest BCUT2D eigenvalue weighted by atomic mass is 16.4. The van der Waals surface area contributed by atoms with E-state index in [4.69, 9.17) is 8.83 Å². The lowest BCUT2D eigenvalue weighted by molar-refractivity contribution is 0.570. The average Bonchev–Trinajstić information content (AvgIpc) is 3.50. The summed E-state index contributed by atoms with van der Waals surface area (Å²) < 4.78 is 12.4. The van der Waals surface area contributed by atoms with E-state index in [1.54, 1.807) is 0 Å². The van der Waals surface area contributed by atoms with Gasteiger partial charge in [0.1, 0.15) is 5.76 Å². The second kappa shape index (κ2) is 7.71. The zero-order valence-corrected chi connectivity index (χ0v) is 17.2. The lowest BCUT2D eigenvalue weighted by Crippen LogP contribution is -1.83. The van der Waals surface area contributed by atoms with Gasteiger partial charge in [-0.15, -0.1) is 0 Å². The van der Waals surface area contributed by atoms with Crippen LogP contribution in [0.4, 0.5) is 0 Å². The topological polar surface area (TPSA) is 39.2 Å². The second-order valence-corrected chi connectivity index (χ2v) is 7.61. The Kier molecular flexibility index (Phi) is 4.43. The fourth-order valence-electron chi connectivity index (χ4n) is 4.22. The second-order valence-electron chi connectivity index (χ2n) is 7.61. The van der Waals surface area contributed by atoms with Crippen molar-refractivity contribution in [1.82, 2.24) is 4.98 Å². The summed E-state index contributed by atoms with van der Waals surface area (Å²) in [5.41, 5.74) is 4.99. The quantitative estimate of drug-likeness (QED) is 0.293. The van der Waals surface area contributed by atoms with Crippen molar-refractivity contribution < 1.29 is 8.83 Å². The number of rotatable bonds is 4. The monoisotopic (exact) mass is 413 g/mol. The Morgan fingerprint density at radius 2 is 1.03 bits per heavy atom. The summed E-state index contributed by atoms with van der Waals surface area (Å²) in [5.74, 6) is 2.25. The van der Waals surface area contributed by atoms with Crippen LogP contribution in [0.5, 0.6) is 0 Å².